The minimum absolute atomic E-state index is 0. The molecule has 21 heavy (non-hydrogen) atoms. The van der Waals surface area contributed by atoms with E-state index in [1.54, 1.807) is 0 Å². The van der Waals surface area contributed by atoms with Crippen molar-refractivity contribution in [2.24, 2.45) is 0 Å². The summed E-state index contributed by atoms with van der Waals surface area (Å²) in [6, 6.07) is 6.58. The number of nitrogens with zero attached hydrogens (tertiary/aromatic N) is 1. The molecule has 1 aliphatic heterocycles. The minimum atomic E-state index is 0. The van der Waals surface area contributed by atoms with Crippen LogP contribution in [0.15, 0.2) is 18.2 Å². The molecule has 1 aliphatic rings. The fraction of sp³-hybridized carbons (Fsp3) is 0.667. The molecule has 0 bridgehead atoms. The molecular formula is C18H30ClNO. The topological polar surface area (TPSA) is 12.5 Å². The Morgan fingerprint density at radius 1 is 1.00 bits per heavy atom. The standard InChI is InChI=1S/C18H29NO.ClH/c1-14(2)16-8-7-9-17(15(3)4)18(16)20-13-12-19-10-5-6-11-19;/h7-9,14-15H,5-6,10-13H2,1-4H3;1H. The zero-order valence-corrected chi connectivity index (χ0v) is 14.7. The highest BCUT2D eigenvalue weighted by molar-refractivity contribution is 5.85. The molecule has 0 amide bonds. The molecule has 0 atom stereocenters. The van der Waals surface area contributed by atoms with Crippen molar-refractivity contribution in [2.45, 2.75) is 52.4 Å². The molecule has 2 rings (SSSR count). The average Bonchev–Trinajstić information content (AvgIpc) is 2.91. The van der Waals surface area contributed by atoms with Gasteiger partial charge < -0.3 is 4.74 Å². The lowest BCUT2D eigenvalue weighted by Gasteiger charge is -2.21. The molecule has 0 spiro atoms. The second-order valence-corrected chi connectivity index (χ2v) is 6.47. The zero-order chi connectivity index (χ0) is 14.5. The molecule has 1 saturated heterocycles. The van der Waals surface area contributed by atoms with Gasteiger partial charge in [-0.1, -0.05) is 45.9 Å². The highest BCUT2D eigenvalue weighted by Crippen LogP contribution is 2.34. The Labute approximate surface area is 136 Å². The van der Waals surface area contributed by atoms with Crippen LogP contribution in [0.3, 0.4) is 0 Å². The van der Waals surface area contributed by atoms with E-state index in [0.29, 0.717) is 11.8 Å². The molecule has 0 radical (unpaired) electrons. The first-order valence-electron chi connectivity index (χ1n) is 8.07. The van der Waals surface area contributed by atoms with Crippen molar-refractivity contribution in [3.8, 4) is 5.75 Å². The van der Waals surface area contributed by atoms with Gasteiger partial charge in [0.25, 0.3) is 0 Å². The predicted octanol–water partition coefficient (Wildman–Crippen LogP) is 4.83. The third-order valence-electron chi connectivity index (χ3n) is 4.17. The van der Waals surface area contributed by atoms with Crippen LogP contribution in [-0.2, 0) is 0 Å². The van der Waals surface area contributed by atoms with Crippen LogP contribution >= 0.6 is 12.4 Å². The maximum atomic E-state index is 6.21. The lowest BCUT2D eigenvalue weighted by molar-refractivity contribution is 0.234. The quantitative estimate of drug-likeness (QED) is 0.746. The summed E-state index contributed by atoms with van der Waals surface area (Å²) >= 11 is 0. The van der Waals surface area contributed by atoms with Gasteiger partial charge in [0.1, 0.15) is 12.4 Å². The molecule has 1 fully saturated rings. The van der Waals surface area contributed by atoms with Crippen LogP contribution in [0.1, 0.15) is 63.5 Å². The first kappa shape index (κ1) is 18.3. The average molecular weight is 312 g/mol. The van der Waals surface area contributed by atoms with Gasteiger partial charge in [-0.3, -0.25) is 4.90 Å². The summed E-state index contributed by atoms with van der Waals surface area (Å²) in [7, 11) is 0. The van der Waals surface area contributed by atoms with Crippen LogP contribution < -0.4 is 4.74 Å². The van der Waals surface area contributed by atoms with Gasteiger partial charge in [0.05, 0.1) is 0 Å². The number of hydrogen-bond donors (Lipinski definition) is 0. The van der Waals surface area contributed by atoms with Gasteiger partial charge in [-0.05, 0) is 48.9 Å². The Balaban J connectivity index is 0.00000220. The van der Waals surface area contributed by atoms with E-state index in [-0.39, 0.29) is 12.4 Å². The number of hydrogen-bond acceptors (Lipinski definition) is 2. The molecule has 120 valence electrons. The van der Waals surface area contributed by atoms with Crippen molar-refractivity contribution in [3.63, 3.8) is 0 Å². The molecule has 0 saturated carbocycles. The molecule has 0 N–H and O–H groups in total. The van der Waals surface area contributed by atoms with Crippen LogP contribution in [0.4, 0.5) is 0 Å². The van der Waals surface area contributed by atoms with E-state index in [1.807, 2.05) is 0 Å². The van der Waals surface area contributed by atoms with Gasteiger partial charge in [-0.2, -0.15) is 0 Å². The highest BCUT2D eigenvalue weighted by atomic mass is 35.5. The number of halogens is 1. The summed E-state index contributed by atoms with van der Waals surface area (Å²) in [4.78, 5) is 2.51. The number of ether oxygens (including phenoxy) is 1. The second kappa shape index (κ2) is 8.65. The van der Waals surface area contributed by atoms with Gasteiger partial charge in [0, 0.05) is 6.54 Å². The normalized spacial score (nSPS) is 15.5. The Bertz CT molecular complexity index is 399. The lowest BCUT2D eigenvalue weighted by Crippen LogP contribution is -2.25. The van der Waals surface area contributed by atoms with Crippen molar-refractivity contribution in [1.82, 2.24) is 4.90 Å². The maximum absolute atomic E-state index is 6.21. The van der Waals surface area contributed by atoms with E-state index in [9.17, 15) is 0 Å². The second-order valence-electron chi connectivity index (χ2n) is 6.47. The van der Waals surface area contributed by atoms with Crippen molar-refractivity contribution in [3.05, 3.63) is 29.3 Å². The Kier molecular flexibility index (Phi) is 7.55. The van der Waals surface area contributed by atoms with E-state index >= 15 is 0 Å². The Hall–Kier alpha value is -0.730. The van der Waals surface area contributed by atoms with E-state index in [0.717, 1.165) is 18.9 Å². The summed E-state index contributed by atoms with van der Waals surface area (Å²) in [5.41, 5.74) is 2.69. The van der Waals surface area contributed by atoms with Gasteiger partial charge in [0.15, 0.2) is 0 Å². The van der Waals surface area contributed by atoms with Crippen molar-refractivity contribution in [1.29, 1.82) is 0 Å². The summed E-state index contributed by atoms with van der Waals surface area (Å²) in [6.45, 7) is 13.3. The van der Waals surface area contributed by atoms with Gasteiger partial charge in [-0.25, -0.2) is 0 Å². The predicted molar refractivity (Wildman–Crippen MR) is 93.0 cm³/mol. The third-order valence-corrected chi connectivity index (χ3v) is 4.17. The smallest absolute Gasteiger partial charge is 0.126 e. The molecule has 0 aliphatic carbocycles. The van der Waals surface area contributed by atoms with Crippen LogP contribution in [0.5, 0.6) is 5.75 Å². The van der Waals surface area contributed by atoms with Crippen LogP contribution in [0, 0.1) is 0 Å². The number of rotatable bonds is 6. The fourth-order valence-electron chi connectivity index (χ4n) is 2.93. The van der Waals surface area contributed by atoms with E-state index < -0.39 is 0 Å². The van der Waals surface area contributed by atoms with Crippen LogP contribution in [0.2, 0.25) is 0 Å². The zero-order valence-electron chi connectivity index (χ0n) is 13.9. The molecule has 1 aromatic carbocycles. The minimum Gasteiger partial charge on any atom is -0.492 e. The highest BCUT2D eigenvalue weighted by Gasteiger charge is 2.16. The van der Waals surface area contributed by atoms with Crippen LogP contribution in [0.25, 0.3) is 0 Å². The summed E-state index contributed by atoms with van der Waals surface area (Å²) in [5.74, 6) is 2.16. The first-order chi connectivity index (χ1) is 9.59. The molecular weight excluding hydrogens is 282 g/mol. The largest absolute Gasteiger partial charge is 0.492 e. The Morgan fingerprint density at radius 2 is 1.52 bits per heavy atom. The lowest BCUT2D eigenvalue weighted by atomic mass is 9.94. The summed E-state index contributed by atoms with van der Waals surface area (Å²) in [6.07, 6.45) is 2.69. The SMILES string of the molecule is CC(C)c1cccc(C(C)C)c1OCCN1CCCC1.Cl. The van der Waals surface area contributed by atoms with E-state index in [1.165, 1.54) is 37.1 Å². The number of likely N-dealkylation sites (tertiary alicyclic amines) is 1. The summed E-state index contributed by atoms with van der Waals surface area (Å²) in [5, 5.41) is 0. The molecule has 1 aromatic rings. The molecule has 3 heteroatoms. The molecule has 0 unspecified atom stereocenters. The van der Waals surface area contributed by atoms with Gasteiger partial charge in [0.2, 0.25) is 0 Å². The first-order valence-corrected chi connectivity index (χ1v) is 8.07. The van der Waals surface area contributed by atoms with Crippen molar-refractivity contribution < 1.29 is 4.74 Å². The third kappa shape index (κ3) is 4.89. The Morgan fingerprint density at radius 3 is 2.00 bits per heavy atom. The molecule has 1 heterocycles. The van der Waals surface area contributed by atoms with E-state index in [4.69, 9.17) is 4.74 Å². The maximum Gasteiger partial charge on any atom is 0.126 e. The van der Waals surface area contributed by atoms with Crippen molar-refractivity contribution in [2.75, 3.05) is 26.2 Å². The van der Waals surface area contributed by atoms with Gasteiger partial charge in [-0.15, -0.1) is 12.4 Å². The summed E-state index contributed by atoms with van der Waals surface area (Å²) < 4.78 is 6.21. The number of para-hydroxylation sites is 1. The molecule has 0 aromatic heterocycles. The molecule has 2 nitrogen and oxygen atoms in total. The number of benzene rings is 1. The van der Waals surface area contributed by atoms with Crippen LogP contribution in [-0.4, -0.2) is 31.1 Å². The van der Waals surface area contributed by atoms with Crippen molar-refractivity contribution >= 4 is 12.4 Å². The monoisotopic (exact) mass is 311 g/mol. The van der Waals surface area contributed by atoms with E-state index in [2.05, 4.69) is 50.8 Å². The fourth-order valence-corrected chi connectivity index (χ4v) is 2.93. The van der Waals surface area contributed by atoms with Gasteiger partial charge >= 0.3 is 0 Å².